The first-order valence-corrected chi connectivity index (χ1v) is 25.7. The molecule has 0 saturated heterocycles. The van der Waals surface area contributed by atoms with E-state index in [1.54, 1.807) is 13.8 Å². The summed E-state index contributed by atoms with van der Waals surface area (Å²) in [7, 11) is 3.99. The number of hydrogen-bond acceptors (Lipinski definition) is 24. The van der Waals surface area contributed by atoms with Crippen molar-refractivity contribution in [1.29, 1.82) is 0 Å². The lowest BCUT2D eigenvalue weighted by Gasteiger charge is -2.27. The lowest BCUT2D eigenvalue weighted by molar-refractivity contribution is -0.141. The van der Waals surface area contributed by atoms with Gasteiger partial charge in [0.1, 0.15) is 11.6 Å². The summed E-state index contributed by atoms with van der Waals surface area (Å²) in [4.78, 5) is 111. The Balaban J connectivity index is -0.000000362. The van der Waals surface area contributed by atoms with E-state index in [2.05, 4.69) is 47.0 Å². The lowest BCUT2D eigenvalue weighted by Crippen LogP contribution is -2.42. The molecule has 28 nitrogen and oxygen atoms in total. The molecule has 28 heteroatoms. The van der Waals surface area contributed by atoms with Crippen molar-refractivity contribution in [3.8, 4) is 0 Å². The van der Waals surface area contributed by atoms with Gasteiger partial charge in [0, 0.05) is 202 Å². The van der Waals surface area contributed by atoms with Crippen LogP contribution in [0.15, 0.2) is 12.7 Å². The molecular weight excluding hydrogens is 993 g/mol. The van der Waals surface area contributed by atoms with Crippen LogP contribution in [-0.2, 0) is 57.4 Å². The van der Waals surface area contributed by atoms with E-state index in [0.717, 1.165) is 6.08 Å². The molecule has 0 bridgehead atoms. The lowest BCUT2D eigenvalue weighted by atomic mass is 10.2. The molecule has 0 aromatic carbocycles. The zero-order valence-electron chi connectivity index (χ0n) is 46.7. The number of carbonyl (C=O) groups excluding carboxylic acids is 9. The number of rotatable bonds is 41. The fourth-order valence-electron chi connectivity index (χ4n) is 5.56. The third kappa shape index (κ3) is 63.2. The van der Waals surface area contributed by atoms with E-state index >= 15 is 0 Å². The van der Waals surface area contributed by atoms with E-state index < -0.39 is 5.97 Å². The largest absolute Gasteiger partial charge is 0.469 e. The predicted octanol–water partition coefficient (Wildman–Crippen LogP) is -5.72. The van der Waals surface area contributed by atoms with Crippen LogP contribution in [0.5, 0.6) is 0 Å². The summed E-state index contributed by atoms with van der Waals surface area (Å²) < 4.78 is 13.5. The van der Waals surface area contributed by atoms with E-state index in [9.17, 15) is 43.2 Å². The average Bonchev–Trinajstić information content (AvgIpc) is 3.42. The third-order valence-electron chi connectivity index (χ3n) is 9.93. The minimum absolute atomic E-state index is 0.103. The van der Waals surface area contributed by atoms with E-state index in [4.69, 9.17) is 45.9 Å². The van der Waals surface area contributed by atoms with Crippen LogP contribution in [0, 0.1) is 0 Å². The van der Waals surface area contributed by atoms with E-state index in [0.29, 0.717) is 170 Å². The molecule has 0 aliphatic heterocycles. The maximum Gasteiger partial charge on any atom is 0.329 e. The van der Waals surface area contributed by atoms with Crippen molar-refractivity contribution in [2.24, 2.45) is 45.9 Å². The zero-order valence-corrected chi connectivity index (χ0v) is 46.7. The molecule has 0 heterocycles. The number of methoxy groups -OCH3 is 3. The highest BCUT2D eigenvalue weighted by atomic mass is 16.5. The normalized spacial score (nSPS) is 10.2. The Morgan fingerprint density at radius 2 is 0.579 bits per heavy atom. The Morgan fingerprint density at radius 3 is 0.737 bits per heavy atom. The van der Waals surface area contributed by atoms with Crippen LogP contribution in [0.2, 0.25) is 0 Å². The first kappa shape index (κ1) is 79.8. The molecule has 0 unspecified atom stereocenters. The number of nitrogens with one attached hydrogen (secondary N) is 4. The number of carbonyl (C=O) groups is 9. The Bertz CT molecular complexity index is 1370. The summed E-state index contributed by atoms with van der Waals surface area (Å²) in [6, 6.07) is 0. The molecule has 0 aliphatic carbocycles. The van der Waals surface area contributed by atoms with Crippen molar-refractivity contribution in [2.75, 3.05) is 178 Å². The van der Waals surface area contributed by atoms with Gasteiger partial charge >= 0.3 is 17.9 Å². The van der Waals surface area contributed by atoms with Gasteiger partial charge in [-0.3, -0.25) is 38.4 Å². The molecule has 0 rings (SSSR count). The highest BCUT2D eigenvalue weighted by Crippen LogP contribution is 2.03. The summed E-state index contributed by atoms with van der Waals surface area (Å²) in [5.41, 5.74) is 41.3. The van der Waals surface area contributed by atoms with Crippen molar-refractivity contribution < 1.29 is 57.4 Å². The standard InChI is InChI=1S/C22H48N10O4.C18H32N2O6.C4H6O2.2C2H8N2/c23-5-9-27-19(33)1-13-31(14-2-20(34)28-10-6-24)17-18-32(15-3-21(35)29-11-7-25)16-4-22(36)30-12-8-26;1-15(21)5-9-19(10-6-16(2)22)13-14-20(11-7-17(23)25-3)12-8-18(24)26-4;1-3-4(5)6-2;2*3-1-2-4/h1-18,23-26H2,(H,27,33)(H,28,34)(H,29,35)(H,30,36);5-14H2,1-4H3;3H,1H2,2H3;2*1-4H2. The van der Waals surface area contributed by atoms with E-state index in [1.165, 1.54) is 21.3 Å². The summed E-state index contributed by atoms with van der Waals surface area (Å²) in [5.74, 6) is -1.24. The molecule has 0 spiro atoms. The van der Waals surface area contributed by atoms with Gasteiger partial charge in [0.15, 0.2) is 0 Å². The smallest absolute Gasteiger partial charge is 0.329 e. The van der Waals surface area contributed by atoms with Gasteiger partial charge in [-0.05, 0) is 13.8 Å². The second-order valence-electron chi connectivity index (χ2n) is 16.4. The maximum atomic E-state index is 12.0. The number of nitrogens with zero attached hydrogens (tertiary/aromatic N) is 4. The number of Topliss-reactive ketones (excluding diaryl/α,β-unsaturated/α-hetero) is 2. The molecule has 0 atom stereocenters. The van der Waals surface area contributed by atoms with Crippen molar-refractivity contribution in [1.82, 2.24) is 40.9 Å². The predicted molar refractivity (Wildman–Crippen MR) is 295 cm³/mol. The molecule has 446 valence electrons. The fourth-order valence-corrected chi connectivity index (χ4v) is 5.56. The Morgan fingerprint density at radius 1 is 0.355 bits per heavy atom. The van der Waals surface area contributed by atoms with Crippen molar-refractivity contribution in [3.63, 3.8) is 0 Å². The monoisotopic (exact) mass is 1090 g/mol. The van der Waals surface area contributed by atoms with Gasteiger partial charge < -0.3 is 101 Å². The quantitative estimate of drug-likeness (QED) is 0.0154. The molecule has 0 saturated carbocycles. The van der Waals surface area contributed by atoms with Gasteiger partial charge in [0.05, 0.1) is 34.2 Å². The van der Waals surface area contributed by atoms with Gasteiger partial charge in [-0.2, -0.15) is 0 Å². The summed E-state index contributed by atoms with van der Waals surface area (Å²) in [5, 5.41) is 11.0. The molecule has 0 aromatic heterocycles. The molecular formula is C48H102N16O12. The van der Waals surface area contributed by atoms with Gasteiger partial charge in [0.2, 0.25) is 23.6 Å². The minimum atomic E-state index is -0.394. The van der Waals surface area contributed by atoms with E-state index in [1.807, 2.05) is 14.7 Å². The molecule has 4 amide bonds. The highest BCUT2D eigenvalue weighted by Gasteiger charge is 2.17. The van der Waals surface area contributed by atoms with Gasteiger partial charge in [-0.1, -0.05) is 6.58 Å². The topological polar surface area (TPSA) is 451 Å². The Hall–Kier alpha value is -5.11. The van der Waals surface area contributed by atoms with Crippen molar-refractivity contribution in [3.05, 3.63) is 12.7 Å². The number of hydrogen-bond donors (Lipinski definition) is 12. The number of esters is 3. The van der Waals surface area contributed by atoms with Gasteiger partial charge in [0.25, 0.3) is 0 Å². The van der Waals surface area contributed by atoms with Crippen LogP contribution in [0.3, 0.4) is 0 Å². The molecule has 76 heavy (non-hydrogen) atoms. The maximum absolute atomic E-state index is 12.0. The summed E-state index contributed by atoms with van der Waals surface area (Å²) >= 11 is 0. The molecule has 0 aromatic rings. The number of amides is 4. The first-order valence-electron chi connectivity index (χ1n) is 25.7. The van der Waals surface area contributed by atoms with Crippen LogP contribution in [0.25, 0.3) is 0 Å². The molecule has 0 aliphatic rings. The minimum Gasteiger partial charge on any atom is -0.469 e. The second-order valence-corrected chi connectivity index (χ2v) is 16.4. The van der Waals surface area contributed by atoms with Crippen LogP contribution in [0.4, 0.5) is 0 Å². The molecule has 0 radical (unpaired) electrons. The average molecular weight is 1100 g/mol. The number of ketones is 2. The van der Waals surface area contributed by atoms with E-state index in [-0.39, 0.29) is 85.7 Å². The number of ether oxygens (including phenoxy) is 3. The number of nitrogens with two attached hydrogens (primary N) is 8. The molecule has 20 N–H and O–H groups in total. The molecule has 0 fully saturated rings. The SMILES string of the molecule is C=CC(=O)OC.COC(=O)CCN(CCC(=O)OC)CCN(CCC(C)=O)CCC(C)=O.NCCN.NCCN.NCCNC(=O)CCN(CCC(=O)NCCN)CCN(CCC(=O)NCCN)CCC(=O)NCCN. The first-order chi connectivity index (χ1) is 36.3. The van der Waals surface area contributed by atoms with Crippen LogP contribution in [-0.4, -0.2) is 251 Å². The van der Waals surface area contributed by atoms with Crippen LogP contribution < -0.4 is 67.1 Å². The third-order valence-corrected chi connectivity index (χ3v) is 9.93. The van der Waals surface area contributed by atoms with Crippen LogP contribution in [0.1, 0.15) is 65.2 Å². The Labute approximate surface area is 452 Å². The van der Waals surface area contributed by atoms with Gasteiger partial charge in [-0.25, -0.2) is 4.79 Å². The van der Waals surface area contributed by atoms with Crippen LogP contribution >= 0.6 is 0 Å². The van der Waals surface area contributed by atoms with Gasteiger partial charge in [-0.15, -0.1) is 0 Å². The summed E-state index contributed by atoms with van der Waals surface area (Å²) in [6.45, 7) is 18.1. The fraction of sp³-hybridized carbons (Fsp3) is 0.771. The summed E-state index contributed by atoms with van der Waals surface area (Å²) in [6.07, 6.45) is 3.53. The zero-order chi connectivity index (χ0) is 58.8. The van der Waals surface area contributed by atoms with Crippen molar-refractivity contribution >= 4 is 53.1 Å². The van der Waals surface area contributed by atoms with Crippen molar-refractivity contribution in [2.45, 2.75) is 65.2 Å². The highest BCUT2D eigenvalue weighted by molar-refractivity contribution is 5.81. The Kier molecular flexibility index (Phi) is 63.8. The second kappa shape index (κ2) is 60.8.